The van der Waals surface area contributed by atoms with Gasteiger partial charge in [-0.05, 0) is 12.8 Å². The molecule has 1 rings (SSSR count). The van der Waals surface area contributed by atoms with Gasteiger partial charge in [-0.2, -0.15) is 0 Å². The highest BCUT2D eigenvalue weighted by molar-refractivity contribution is 5.03. The fraction of sp³-hybridized carbons (Fsp3) is 0.700. The normalized spacial score (nSPS) is 22.1. The summed E-state index contributed by atoms with van der Waals surface area (Å²) in [6.45, 7) is 10.8. The minimum absolute atomic E-state index is 0.0556. The molecule has 0 aromatic rings. The van der Waals surface area contributed by atoms with Crippen LogP contribution in [0.2, 0.25) is 0 Å². The lowest BCUT2D eigenvalue weighted by atomic mass is 9.80. The first-order valence-electron chi connectivity index (χ1n) is 4.32. The molecule has 0 N–H and O–H groups in total. The topological polar surface area (TPSA) is 4.36 Å². The van der Waals surface area contributed by atoms with Crippen molar-refractivity contribution in [2.75, 3.05) is 0 Å². The fourth-order valence-corrected chi connectivity index (χ4v) is 1.84. The van der Waals surface area contributed by atoms with Gasteiger partial charge in [-0.15, -0.1) is 6.58 Å². The van der Waals surface area contributed by atoms with Gasteiger partial charge < -0.3 is 4.85 Å². The Labute approximate surface area is 68.9 Å². The van der Waals surface area contributed by atoms with E-state index in [9.17, 15) is 0 Å². The SMILES string of the molecule is [C-]#[N+]C1(CC=C)CCCCC1. The van der Waals surface area contributed by atoms with E-state index in [1.807, 2.05) is 6.08 Å². The third kappa shape index (κ3) is 1.83. The summed E-state index contributed by atoms with van der Waals surface area (Å²) in [4.78, 5) is 3.75. The van der Waals surface area contributed by atoms with Crippen LogP contribution in [0.4, 0.5) is 0 Å². The van der Waals surface area contributed by atoms with Crippen LogP contribution in [-0.2, 0) is 0 Å². The lowest BCUT2D eigenvalue weighted by molar-refractivity contribution is 0.348. The Kier molecular flexibility index (Phi) is 2.70. The van der Waals surface area contributed by atoms with E-state index in [4.69, 9.17) is 6.57 Å². The van der Waals surface area contributed by atoms with Gasteiger partial charge in [0, 0.05) is 19.3 Å². The first-order valence-corrected chi connectivity index (χ1v) is 4.32. The van der Waals surface area contributed by atoms with Crippen molar-refractivity contribution in [3.8, 4) is 0 Å². The summed E-state index contributed by atoms with van der Waals surface area (Å²) in [7, 11) is 0. The second kappa shape index (κ2) is 3.57. The predicted molar refractivity (Wildman–Crippen MR) is 47.2 cm³/mol. The van der Waals surface area contributed by atoms with Gasteiger partial charge in [0.2, 0.25) is 5.54 Å². The van der Waals surface area contributed by atoms with Crippen molar-refractivity contribution < 1.29 is 0 Å². The fourth-order valence-electron chi connectivity index (χ4n) is 1.84. The average molecular weight is 149 g/mol. The standard InChI is InChI=1S/C10H15N/c1-3-7-10(11-2)8-5-4-6-9-10/h3H,1,4-9H2. The molecule has 1 heteroatoms. The zero-order valence-corrected chi connectivity index (χ0v) is 6.97. The van der Waals surface area contributed by atoms with Crippen molar-refractivity contribution in [2.24, 2.45) is 0 Å². The largest absolute Gasteiger partial charge is 0.310 e. The molecule has 0 aromatic carbocycles. The van der Waals surface area contributed by atoms with Gasteiger partial charge in [-0.25, -0.2) is 6.57 Å². The molecule has 1 fully saturated rings. The van der Waals surface area contributed by atoms with Crippen molar-refractivity contribution in [3.05, 3.63) is 24.1 Å². The average Bonchev–Trinajstić information content (AvgIpc) is 2.07. The molecule has 0 radical (unpaired) electrons. The van der Waals surface area contributed by atoms with E-state index >= 15 is 0 Å². The minimum Gasteiger partial charge on any atom is -0.310 e. The van der Waals surface area contributed by atoms with Crippen LogP contribution in [-0.4, -0.2) is 5.54 Å². The zero-order chi connectivity index (χ0) is 8.16. The number of nitrogens with zero attached hydrogens (tertiary/aromatic N) is 1. The van der Waals surface area contributed by atoms with Gasteiger partial charge in [0.15, 0.2) is 0 Å². The molecule has 0 unspecified atom stereocenters. The Morgan fingerprint density at radius 1 is 1.36 bits per heavy atom. The molecule has 0 spiro atoms. The summed E-state index contributed by atoms with van der Waals surface area (Å²) >= 11 is 0. The third-order valence-electron chi connectivity index (χ3n) is 2.55. The van der Waals surface area contributed by atoms with Crippen LogP contribution in [0.1, 0.15) is 38.5 Å². The molecular formula is C10H15N. The van der Waals surface area contributed by atoms with Gasteiger partial charge in [0.1, 0.15) is 0 Å². The Hall–Kier alpha value is -0.770. The summed E-state index contributed by atoms with van der Waals surface area (Å²) < 4.78 is 0. The molecule has 0 saturated heterocycles. The lowest BCUT2D eigenvalue weighted by Crippen LogP contribution is -2.26. The van der Waals surface area contributed by atoms with Gasteiger partial charge in [0.25, 0.3) is 0 Å². The van der Waals surface area contributed by atoms with Crippen LogP contribution >= 0.6 is 0 Å². The molecule has 0 atom stereocenters. The molecule has 60 valence electrons. The van der Waals surface area contributed by atoms with E-state index in [2.05, 4.69) is 11.4 Å². The molecule has 1 aliphatic rings. The summed E-state index contributed by atoms with van der Waals surface area (Å²) in [5.41, 5.74) is -0.0556. The first-order chi connectivity index (χ1) is 5.33. The van der Waals surface area contributed by atoms with Crippen molar-refractivity contribution in [3.63, 3.8) is 0 Å². The predicted octanol–water partition coefficient (Wildman–Crippen LogP) is 3.18. The van der Waals surface area contributed by atoms with E-state index in [0.717, 1.165) is 19.3 Å². The maximum absolute atomic E-state index is 7.13. The van der Waals surface area contributed by atoms with Gasteiger partial charge >= 0.3 is 0 Å². The summed E-state index contributed by atoms with van der Waals surface area (Å²) in [6.07, 6.45) is 8.73. The van der Waals surface area contributed by atoms with Crippen molar-refractivity contribution in [1.82, 2.24) is 0 Å². The van der Waals surface area contributed by atoms with Crippen LogP contribution < -0.4 is 0 Å². The molecule has 0 aliphatic heterocycles. The smallest absolute Gasteiger partial charge is 0.236 e. The number of hydrogen-bond acceptors (Lipinski definition) is 0. The van der Waals surface area contributed by atoms with Crippen molar-refractivity contribution >= 4 is 0 Å². The molecule has 0 bridgehead atoms. The van der Waals surface area contributed by atoms with Crippen LogP contribution in [0.5, 0.6) is 0 Å². The Morgan fingerprint density at radius 3 is 2.45 bits per heavy atom. The molecule has 0 amide bonds. The number of rotatable bonds is 2. The Balaban J connectivity index is 2.58. The summed E-state index contributed by atoms with van der Waals surface area (Å²) in [5.74, 6) is 0. The number of hydrogen-bond donors (Lipinski definition) is 0. The minimum atomic E-state index is -0.0556. The van der Waals surface area contributed by atoms with Crippen molar-refractivity contribution in [1.29, 1.82) is 0 Å². The van der Waals surface area contributed by atoms with E-state index in [0.29, 0.717) is 0 Å². The molecule has 1 aliphatic carbocycles. The second-order valence-corrected chi connectivity index (χ2v) is 3.39. The quantitative estimate of drug-likeness (QED) is 0.419. The van der Waals surface area contributed by atoms with Gasteiger partial charge in [-0.1, -0.05) is 12.5 Å². The highest BCUT2D eigenvalue weighted by Crippen LogP contribution is 2.34. The Morgan fingerprint density at radius 2 is 2.00 bits per heavy atom. The van der Waals surface area contributed by atoms with Gasteiger partial charge in [-0.3, -0.25) is 0 Å². The van der Waals surface area contributed by atoms with Crippen molar-refractivity contribution in [2.45, 2.75) is 44.1 Å². The van der Waals surface area contributed by atoms with E-state index in [1.54, 1.807) is 0 Å². The monoisotopic (exact) mass is 149 g/mol. The maximum Gasteiger partial charge on any atom is 0.236 e. The molecule has 0 heterocycles. The molecule has 1 saturated carbocycles. The van der Waals surface area contributed by atoms with Crippen LogP contribution in [0.25, 0.3) is 4.85 Å². The molecule has 1 nitrogen and oxygen atoms in total. The van der Waals surface area contributed by atoms with E-state index < -0.39 is 0 Å². The van der Waals surface area contributed by atoms with E-state index in [-0.39, 0.29) is 5.54 Å². The highest BCUT2D eigenvalue weighted by atomic mass is 14.8. The highest BCUT2D eigenvalue weighted by Gasteiger charge is 2.36. The first kappa shape index (κ1) is 8.33. The lowest BCUT2D eigenvalue weighted by Gasteiger charge is -2.24. The zero-order valence-electron chi connectivity index (χ0n) is 6.97. The Bertz CT molecular complexity index is 170. The summed E-state index contributed by atoms with van der Waals surface area (Å²) in [6, 6.07) is 0. The summed E-state index contributed by atoms with van der Waals surface area (Å²) in [5, 5.41) is 0. The second-order valence-electron chi connectivity index (χ2n) is 3.39. The third-order valence-corrected chi connectivity index (χ3v) is 2.55. The van der Waals surface area contributed by atoms with Crippen LogP contribution in [0, 0.1) is 6.57 Å². The maximum atomic E-state index is 7.13. The van der Waals surface area contributed by atoms with Gasteiger partial charge in [0.05, 0.1) is 0 Å². The van der Waals surface area contributed by atoms with Crippen LogP contribution in [0.15, 0.2) is 12.7 Å². The van der Waals surface area contributed by atoms with E-state index in [1.165, 1.54) is 19.3 Å². The molecule has 11 heavy (non-hydrogen) atoms. The molecule has 0 aromatic heterocycles. The van der Waals surface area contributed by atoms with Crippen LogP contribution in [0.3, 0.4) is 0 Å². The molecular weight excluding hydrogens is 134 g/mol.